The SMILES string of the molecule is CN[C@H](CO)C[C@@H]1CCNC1=O. The van der Waals surface area contributed by atoms with Gasteiger partial charge in [0.05, 0.1) is 6.61 Å². The predicted octanol–water partition coefficient (Wildman–Crippen LogP) is -0.907. The molecule has 0 aromatic rings. The molecule has 1 amide bonds. The van der Waals surface area contributed by atoms with Crippen molar-refractivity contribution in [3.63, 3.8) is 0 Å². The van der Waals surface area contributed by atoms with Gasteiger partial charge in [-0.05, 0) is 19.9 Å². The Balaban J connectivity index is 2.33. The van der Waals surface area contributed by atoms with E-state index in [1.807, 2.05) is 0 Å². The van der Waals surface area contributed by atoms with Crippen LogP contribution in [0, 0.1) is 5.92 Å². The van der Waals surface area contributed by atoms with Crippen LogP contribution in [0.15, 0.2) is 0 Å². The molecule has 0 saturated carbocycles. The summed E-state index contributed by atoms with van der Waals surface area (Å²) in [5.74, 6) is 0.221. The first kappa shape index (κ1) is 9.48. The normalized spacial score (nSPS) is 25.5. The summed E-state index contributed by atoms with van der Waals surface area (Å²) in [7, 11) is 1.80. The molecular weight excluding hydrogens is 156 g/mol. The summed E-state index contributed by atoms with van der Waals surface area (Å²) in [6.45, 7) is 0.881. The lowest BCUT2D eigenvalue weighted by Crippen LogP contribution is -2.33. The van der Waals surface area contributed by atoms with Crippen LogP contribution in [0.5, 0.6) is 0 Å². The van der Waals surface area contributed by atoms with E-state index in [2.05, 4.69) is 10.6 Å². The molecule has 0 spiro atoms. The summed E-state index contributed by atoms with van der Waals surface area (Å²) in [6, 6.07) is 0.0545. The summed E-state index contributed by atoms with van der Waals surface area (Å²) >= 11 is 0. The molecule has 12 heavy (non-hydrogen) atoms. The molecule has 70 valence electrons. The van der Waals surface area contributed by atoms with Gasteiger partial charge in [0.15, 0.2) is 0 Å². The largest absolute Gasteiger partial charge is 0.395 e. The summed E-state index contributed by atoms with van der Waals surface area (Å²) in [4.78, 5) is 11.1. The van der Waals surface area contributed by atoms with Crippen LogP contribution in [0.1, 0.15) is 12.8 Å². The van der Waals surface area contributed by atoms with E-state index in [-0.39, 0.29) is 24.5 Å². The van der Waals surface area contributed by atoms with E-state index in [0.717, 1.165) is 19.4 Å². The molecule has 1 heterocycles. The Hall–Kier alpha value is -0.610. The third kappa shape index (κ3) is 2.19. The maximum atomic E-state index is 11.1. The molecular formula is C8H16N2O2. The predicted molar refractivity (Wildman–Crippen MR) is 45.7 cm³/mol. The van der Waals surface area contributed by atoms with Gasteiger partial charge < -0.3 is 15.7 Å². The molecule has 2 atom stereocenters. The van der Waals surface area contributed by atoms with Gasteiger partial charge in [-0.15, -0.1) is 0 Å². The highest BCUT2D eigenvalue weighted by atomic mass is 16.3. The first-order chi connectivity index (χ1) is 5.77. The second kappa shape index (κ2) is 4.42. The molecule has 1 rings (SSSR count). The van der Waals surface area contributed by atoms with Crippen LogP contribution in [0.25, 0.3) is 0 Å². The number of aliphatic hydroxyl groups excluding tert-OH is 1. The minimum atomic E-state index is 0.0545. The molecule has 0 aromatic carbocycles. The Morgan fingerprint density at radius 1 is 1.83 bits per heavy atom. The number of nitrogens with one attached hydrogen (secondary N) is 2. The Kier molecular flexibility index (Phi) is 3.49. The van der Waals surface area contributed by atoms with Crippen LogP contribution in [0.4, 0.5) is 0 Å². The van der Waals surface area contributed by atoms with E-state index in [9.17, 15) is 4.79 Å². The molecule has 0 unspecified atom stereocenters. The molecule has 1 saturated heterocycles. The first-order valence-corrected chi connectivity index (χ1v) is 4.33. The van der Waals surface area contributed by atoms with Crippen molar-refractivity contribution in [2.45, 2.75) is 18.9 Å². The molecule has 4 nitrogen and oxygen atoms in total. The molecule has 0 aliphatic carbocycles. The van der Waals surface area contributed by atoms with Crippen LogP contribution >= 0.6 is 0 Å². The van der Waals surface area contributed by atoms with Crippen LogP contribution in [-0.2, 0) is 4.79 Å². The fourth-order valence-corrected chi connectivity index (χ4v) is 1.50. The quantitative estimate of drug-likeness (QED) is 0.514. The summed E-state index contributed by atoms with van der Waals surface area (Å²) < 4.78 is 0. The summed E-state index contributed by atoms with van der Waals surface area (Å²) in [5.41, 5.74) is 0. The van der Waals surface area contributed by atoms with Crippen LogP contribution in [0.2, 0.25) is 0 Å². The van der Waals surface area contributed by atoms with Gasteiger partial charge in [0.1, 0.15) is 0 Å². The summed E-state index contributed by atoms with van der Waals surface area (Å²) in [5, 5.41) is 14.6. The van der Waals surface area contributed by atoms with Crippen molar-refractivity contribution in [3.8, 4) is 0 Å². The maximum Gasteiger partial charge on any atom is 0.223 e. The Morgan fingerprint density at radius 3 is 3.00 bits per heavy atom. The Bertz CT molecular complexity index is 157. The number of carbonyl (C=O) groups excluding carboxylic acids is 1. The van der Waals surface area contributed by atoms with Crippen molar-refractivity contribution in [1.29, 1.82) is 0 Å². The van der Waals surface area contributed by atoms with E-state index in [0.29, 0.717) is 0 Å². The average Bonchev–Trinajstić information content (AvgIpc) is 2.47. The first-order valence-electron chi connectivity index (χ1n) is 4.33. The zero-order valence-corrected chi connectivity index (χ0v) is 7.34. The van der Waals surface area contributed by atoms with Crippen molar-refractivity contribution >= 4 is 5.91 Å². The Morgan fingerprint density at radius 2 is 2.58 bits per heavy atom. The lowest BCUT2D eigenvalue weighted by Gasteiger charge is -2.15. The molecule has 0 radical (unpaired) electrons. The van der Waals surface area contributed by atoms with Crippen molar-refractivity contribution in [2.75, 3.05) is 20.2 Å². The van der Waals surface area contributed by atoms with Gasteiger partial charge in [-0.25, -0.2) is 0 Å². The van der Waals surface area contributed by atoms with Crippen LogP contribution in [-0.4, -0.2) is 37.3 Å². The number of likely N-dealkylation sites (N-methyl/N-ethyl adjacent to an activating group) is 1. The van der Waals surface area contributed by atoms with Gasteiger partial charge in [-0.2, -0.15) is 0 Å². The molecule has 0 aromatic heterocycles. The second-order valence-electron chi connectivity index (χ2n) is 3.18. The minimum absolute atomic E-state index is 0.0545. The van der Waals surface area contributed by atoms with E-state index in [1.165, 1.54) is 0 Å². The lowest BCUT2D eigenvalue weighted by molar-refractivity contribution is -0.122. The highest BCUT2D eigenvalue weighted by Gasteiger charge is 2.26. The molecule has 3 N–H and O–H groups in total. The van der Waals surface area contributed by atoms with Crippen molar-refractivity contribution < 1.29 is 9.90 Å². The monoisotopic (exact) mass is 172 g/mol. The van der Waals surface area contributed by atoms with E-state index in [1.54, 1.807) is 7.05 Å². The third-order valence-corrected chi connectivity index (χ3v) is 2.36. The fourth-order valence-electron chi connectivity index (χ4n) is 1.50. The molecule has 0 bridgehead atoms. The van der Waals surface area contributed by atoms with E-state index < -0.39 is 0 Å². The number of aliphatic hydroxyl groups is 1. The Labute approximate surface area is 72.3 Å². The number of carbonyl (C=O) groups is 1. The maximum absolute atomic E-state index is 11.1. The number of rotatable bonds is 4. The van der Waals surface area contributed by atoms with Crippen LogP contribution in [0.3, 0.4) is 0 Å². The van der Waals surface area contributed by atoms with Crippen molar-refractivity contribution in [3.05, 3.63) is 0 Å². The van der Waals surface area contributed by atoms with Gasteiger partial charge in [0.25, 0.3) is 0 Å². The minimum Gasteiger partial charge on any atom is -0.395 e. The highest BCUT2D eigenvalue weighted by Crippen LogP contribution is 2.15. The standard InChI is InChI=1S/C8H16N2O2/c1-9-7(5-11)4-6-2-3-10-8(6)12/h6-7,9,11H,2-5H2,1H3,(H,10,12)/t6-,7-/m0/s1. The summed E-state index contributed by atoms with van der Waals surface area (Å²) in [6.07, 6.45) is 1.63. The van der Waals surface area contributed by atoms with Gasteiger partial charge in [0.2, 0.25) is 5.91 Å². The molecule has 4 heteroatoms. The van der Waals surface area contributed by atoms with Crippen molar-refractivity contribution in [2.24, 2.45) is 5.92 Å². The van der Waals surface area contributed by atoms with Gasteiger partial charge >= 0.3 is 0 Å². The smallest absolute Gasteiger partial charge is 0.223 e. The zero-order valence-electron chi connectivity index (χ0n) is 7.34. The lowest BCUT2D eigenvalue weighted by atomic mass is 9.99. The zero-order chi connectivity index (χ0) is 8.97. The molecule has 1 fully saturated rings. The second-order valence-corrected chi connectivity index (χ2v) is 3.18. The molecule has 1 aliphatic rings. The van der Waals surface area contributed by atoms with E-state index >= 15 is 0 Å². The van der Waals surface area contributed by atoms with Crippen LogP contribution < -0.4 is 10.6 Å². The van der Waals surface area contributed by atoms with Gasteiger partial charge in [-0.1, -0.05) is 0 Å². The van der Waals surface area contributed by atoms with E-state index in [4.69, 9.17) is 5.11 Å². The fraction of sp³-hybridized carbons (Fsp3) is 0.875. The highest BCUT2D eigenvalue weighted by molar-refractivity contribution is 5.80. The van der Waals surface area contributed by atoms with Crippen molar-refractivity contribution in [1.82, 2.24) is 10.6 Å². The third-order valence-electron chi connectivity index (χ3n) is 2.36. The average molecular weight is 172 g/mol. The molecule has 1 aliphatic heterocycles. The number of hydrogen-bond acceptors (Lipinski definition) is 3. The van der Waals surface area contributed by atoms with Gasteiger partial charge in [-0.3, -0.25) is 4.79 Å². The topological polar surface area (TPSA) is 61.4 Å². The van der Waals surface area contributed by atoms with Gasteiger partial charge in [0, 0.05) is 18.5 Å². The number of amides is 1. The number of hydrogen-bond donors (Lipinski definition) is 3.